The van der Waals surface area contributed by atoms with E-state index in [-0.39, 0.29) is 5.83 Å². The maximum Gasteiger partial charge on any atom is 0.118 e. The third kappa shape index (κ3) is 4.49. The first kappa shape index (κ1) is 18.0. The van der Waals surface area contributed by atoms with Crippen LogP contribution >= 0.6 is 22.6 Å². The minimum atomic E-state index is -0.988. The van der Waals surface area contributed by atoms with Crippen LogP contribution in [0.25, 0.3) is 0 Å². The summed E-state index contributed by atoms with van der Waals surface area (Å²) in [6.07, 6.45) is 2.82. The van der Waals surface area contributed by atoms with Gasteiger partial charge < -0.3 is 10.6 Å². The van der Waals surface area contributed by atoms with Crippen molar-refractivity contribution in [1.82, 2.24) is 10.6 Å². The average Bonchev–Trinajstić information content (AvgIpc) is 2.36. The lowest BCUT2D eigenvalue weighted by atomic mass is 9.74. The number of nitrogens with one attached hydrogen (secondary N) is 2. The van der Waals surface area contributed by atoms with Crippen molar-refractivity contribution in [3.63, 3.8) is 0 Å². The van der Waals surface area contributed by atoms with Crippen LogP contribution in [0.1, 0.15) is 27.2 Å². The molecule has 2 nitrogen and oxygen atoms in total. The van der Waals surface area contributed by atoms with E-state index in [1.54, 1.807) is 0 Å². The van der Waals surface area contributed by atoms with Crippen molar-refractivity contribution in [1.29, 1.82) is 0 Å². The summed E-state index contributed by atoms with van der Waals surface area (Å²) in [6.45, 7) is 7.20. The van der Waals surface area contributed by atoms with Crippen LogP contribution in [0.3, 0.4) is 0 Å². The van der Waals surface area contributed by atoms with Gasteiger partial charge in [0.1, 0.15) is 12.0 Å². The van der Waals surface area contributed by atoms with Gasteiger partial charge in [0, 0.05) is 34.9 Å². The number of alkyl halides is 2. The molecule has 0 saturated carbocycles. The van der Waals surface area contributed by atoms with Crippen molar-refractivity contribution in [2.24, 2.45) is 5.41 Å². The Hall–Kier alpha value is -0.0100. The highest BCUT2D eigenvalue weighted by Gasteiger charge is 2.37. The first-order valence-corrected chi connectivity index (χ1v) is 8.47. The lowest BCUT2D eigenvalue weighted by Crippen LogP contribution is -2.46. The van der Waals surface area contributed by atoms with Gasteiger partial charge in [-0.15, -0.1) is 0 Å². The average molecular weight is 398 g/mol. The van der Waals surface area contributed by atoms with E-state index in [4.69, 9.17) is 0 Å². The Kier molecular flexibility index (Phi) is 6.60. The second-order valence-electron chi connectivity index (χ2n) is 6.16. The van der Waals surface area contributed by atoms with Crippen LogP contribution in [0, 0.1) is 5.41 Å². The topological polar surface area (TPSA) is 24.1 Å². The lowest BCUT2D eigenvalue weighted by Gasteiger charge is -2.37. The smallest absolute Gasteiger partial charge is 0.118 e. The zero-order valence-electron chi connectivity index (χ0n) is 12.7. The van der Waals surface area contributed by atoms with Gasteiger partial charge in [-0.1, -0.05) is 42.5 Å². The van der Waals surface area contributed by atoms with E-state index in [0.29, 0.717) is 10.8 Å². The van der Waals surface area contributed by atoms with E-state index in [2.05, 4.69) is 10.6 Å². The zero-order valence-corrected chi connectivity index (χ0v) is 14.9. The fourth-order valence-electron chi connectivity index (χ4n) is 2.34. The fourth-order valence-corrected chi connectivity index (χ4v) is 3.44. The van der Waals surface area contributed by atoms with E-state index in [0.717, 1.165) is 18.7 Å². The van der Waals surface area contributed by atoms with Gasteiger partial charge in [0.05, 0.1) is 0 Å². The summed E-state index contributed by atoms with van der Waals surface area (Å²) in [5.41, 5.74) is -0.386. The maximum absolute atomic E-state index is 14.1. The molecule has 0 aliphatic heterocycles. The Morgan fingerprint density at radius 2 is 2.10 bits per heavy atom. The van der Waals surface area contributed by atoms with E-state index in [9.17, 15) is 8.78 Å². The second-order valence-corrected chi connectivity index (χ2v) is 7.04. The van der Waals surface area contributed by atoms with Gasteiger partial charge in [0.25, 0.3) is 0 Å². The molecule has 116 valence electrons. The standard InChI is InChI=1S/C15H25F2IN2/c1-14(2,13(17)10-18)11-7-12(16)9-15(3,8-11)20-6-5-19-4/h7-8,13,19-20H,5-6,9-10H2,1-4H3/t13?,15-/m1/s1. The summed E-state index contributed by atoms with van der Waals surface area (Å²) < 4.78 is 28.5. The van der Waals surface area contributed by atoms with Crippen molar-refractivity contribution < 1.29 is 8.78 Å². The van der Waals surface area contributed by atoms with Gasteiger partial charge in [-0.3, -0.25) is 0 Å². The summed E-state index contributed by atoms with van der Waals surface area (Å²) in [4.78, 5) is 0. The van der Waals surface area contributed by atoms with Gasteiger partial charge in [0.2, 0.25) is 0 Å². The van der Waals surface area contributed by atoms with Crippen LogP contribution < -0.4 is 10.6 Å². The highest BCUT2D eigenvalue weighted by atomic mass is 127. The summed E-state index contributed by atoms with van der Waals surface area (Å²) >= 11 is 2.04. The highest BCUT2D eigenvalue weighted by molar-refractivity contribution is 14.1. The Labute approximate surface area is 134 Å². The van der Waals surface area contributed by atoms with Crippen molar-refractivity contribution in [2.75, 3.05) is 24.6 Å². The van der Waals surface area contributed by atoms with Crippen LogP contribution in [0.5, 0.6) is 0 Å². The summed E-state index contributed by atoms with van der Waals surface area (Å²) in [5, 5.41) is 6.40. The largest absolute Gasteiger partial charge is 0.318 e. The molecule has 0 fully saturated rings. The van der Waals surface area contributed by atoms with Gasteiger partial charge in [-0.05, 0) is 25.6 Å². The van der Waals surface area contributed by atoms with E-state index >= 15 is 0 Å². The number of halogens is 3. The molecule has 5 heteroatoms. The van der Waals surface area contributed by atoms with Gasteiger partial charge in [-0.2, -0.15) is 0 Å². The van der Waals surface area contributed by atoms with Gasteiger partial charge >= 0.3 is 0 Å². The molecule has 1 aliphatic carbocycles. The molecule has 2 N–H and O–H groups in total. The first-order chi connectivity index (χ1) is 9.25. The number of hydrogen-bond acceptors (Lipinski definition) is 2. The number of rotatable bonds is 7. The Bertz CT molecular complexity index is 393. The van der Waals surface area contributed by atoms with Crippen molar-refractivity contribution in [2.45, 2.75) is 38.9 Å². The lowest BCUT2D eigenvalue weighted by molar-refractivity contribution is 0.206. The number of hydrogen-bond donors (Lipinski definition) is 2. The second kappa shape index (κ2) is 7.31. The third-order valence-electron chi connectivity index (χ3n) is 3.89. The van der Waals surface area contributed by atoms with Crippen LogP contribution in [0.2, 0.25) is 0 Å². The van der Waals surface area contributed by atoms with Crippen molar-refractivity contribution >= 4 is 22.6 Å². The number of likely N-dealkylation sites (N-methyl/N-ethyl adjacent to an activating group) is 1. The molecule has 0 aromatic heterocycles. The summed E-state index contributed by atoms with van der Waals surface area (Å²) in [6, 6.07) is 0. The molecule has 0 spiro atoms. The van der Waals surface area contributed by atoms with E-state index in [1.807, 2.05) is 56.5 Å². The summed E-state index contributed by atoms with van der Waals surface area (Å²) in [7, 11) is 1.88. The molecule has 20 heavy (non-hydrogen) atoms. The molecule has 2 atom stereocenters. The Morgan fingerprint density at radius 3 is 2.65 bits per heavy atom. The van der Waals surface area contributed by atoms with E-state index in [1.165, 1.54) is 6.08 Å². The molecule has 0 heterocycles. The molecular formula is C15H25F2IN2. The van der Waals surface area contributed by atoms with Crippen molar-refractivity contribution in [3.05, 3.63) is 23.6 Å². The van der Waals surface area contributed by atoms with Gasteiger partial charge in [-0.25, -0.2) is 8.78 Å². The summed E-state index contributed by atoms with van der Waals surface area (Å²) in [5.74, 6) is -0.185. The molecule has 0 aromatic rings. The molecule has 0 saturated heterocycles. The Balaban J connectivity index is 2.96. The monoisotopic (exact) mass is 398 g/mol. The molecule has 0 radical (unpaired) electrons. The normalized spacial score (nSPS) is 25.1. The van der Waals surface area contributed by atoms with E-state index < -0.39 is 17.1 Å². The highest BCUT2D eigenvalue weighted by Crippen LogP contribution is 2.40. The third-order valence-corrected chi connectivity index (χ3v) is 4.66. The maximum atomic E-state index is 14.1. The Morgan fingerprint density at radius 1 is 1.45 bits per heavy atom. The van der Waals surface area contributed by atoms with Gasteiger partial charge in [0.15, 0.2) is 0 Å². The van der Waals surface area contributed by atoms with Crippen LogP contribution in [0.4, 0.5) is 8.78 Å². The fraction of sp³-hybridized carbons (Fsp3) is 0.733. The zero-order chi connectivity index (χ0) is 15.4. The molecule has 0 bridgehead atoms. The molecule has 0 aromatic carbocycles. The molecule has 1 rings (SSSR count). The number of allylic oxidation sites excluding steroid dienone is 2. The predicted octanol–water partition coefficient (Wildman–Crippen LogP) is 3.54. The van der Waals surface area contributed by atoms with Crippen LogP contribution in [0.15, 0.2) is 23.6 Å². The minimum absolute atomic E-state index is 0.185. The predicted molar refractivity (Wildman–Crippen MR) is 89.8 cm³/mol. The molecule has 1 aliphatic rings. The van der Waals surface area contributed by atoms with Crippen LogP contribution in [-0.2, 0) is 0 Å². The molecular weight excluding hydrogens is 373 g/mol. The van der Waals surface area contributed by atoms with Crippen molar-refractivity contribution in [3.8, 4) is 0 Å². The SMILES string of the molecule is CNCCN[C@]1(C)C=C(C(C)(C)C(F)CI)C=C(F)C1. The molecule has 1 unspecified atom stereocenters. The molecule has 0 amide bonds. The van der Waals surface area contributed by atoms with Crippen LogP contribution in [-0.4, -0.2) is 36.3 Å². The quantitative estimate of drug-likeness (QED) is 0.390. The first-order valence-electron chi connectivity index (χ1n) is 6.94. The minimum Gasteiger partial charge on any atom is -0.318 e.